The normalized spacial score (nSPS) is 22.8. The van der Waals surface area contributed by atoms with E-state index in [0.29, 0.717) is 11.3 Å². The number of fused-ring (bicyclic) bond motifs is 26. The fourth-order valence-electron chi connectivity index (χ4n) is 14.1. The van der Waals surface area contributed by atoms with Crippen LogP contribution in [0.2, 0.25) is 0 Å². The van der Waals surface area contributed by atoms with Gasteiger partial charge < -0.3 is 5.73 Å². The van der Waals surface area contributed by atoms with E-state index in [-0.39, 0.29) is 35.5 Å². The summed E-state index contributed by atoms with van der Waals surface area (Å²) in [7, 11) is 0. The summed E-state index contributed by atoms with van der Waals surface area (Å²) in [6.45, 7) is 0. The Balaban J connectivity index is 1.15. The molecule has 7 aromatic carbocycles. The highest BCUT2D eigenvalue weighted by Crippen LogP contribution is 2.68. The summed E-state index contributed by atoms with van der Waals surface area (Å²) in [6.07, 6.45) is 1.52. The van der Waals surface area contributed by atoms with Gasteiger partial charge in [-0.1, -0.05) is 164 Å². The van der Waals surface area contributed by atoms with Gasteiger partial charge in [0.2, 0.25) is 0 Å². The van der Waals surface area contributed by atoms with E-state index in [1.807, 2.05) is 30.3 Å². The molecule has 2 N–H and O–H groups in total. The van der Waals surface area contributed by atoms with Crippen molar-refractivity contribution in [2.75, 3.05) is 5.73 Å². The van der Waals surface area contributed by atoms with E-state index in [9.17, 15) is 0 Å². The molecule has 0 saturated carbocycles. The van der Waals surface area contributed by atoms with E-state index in [4.69, 9.17) is 15.7 Å². The first kappa shape index (κ1) is 35.3. The second kappa shape index (κ2) is 12.7. The van der Waals surface area contributed by atoms with Gasteiger partial charge in [-0.15, -0.1) is 0 Å². The summed E-state index contributed by atoms with van der Waals surface area (Å²) in [5.74, 6) is 0.689. The van der Waals surface area contributed by atoms with E-state index in [1.54, 1.807) is 0 Å². The molecule has 0 spiro atoms. The van der Waals surface area contributed by atoms with Crippen LogP contribution in [0.25, 0.3) is 49.9 Å². The molecule has 4 heteroatoms. The number of hydrogen-bond donors (Lipinski definition) is 1. The molecule has 15 rings (SSSR count). The van der Waals surface area contributed by atoms with Gasteiger partial charge in [-0.2, -0.15) is 0 Å². The van der Waals surface area contributed by atoms with E-state index in [2.05, 4.69) is 133 Å². The van der Waals surface area contributed by atoms with E-state index >= 15 is 4.39 Å². The number of rotatable bonds is 5. The Morgan fingerprint density at radius 1 is 0.422 bits per heavy atom. The predicted molar refractivity (Wildman–Crippen MR) is 256 cm³/mol. The molecule has 2 heterocycles. The van der Waals surface area contributed by atoms with E-state index in [1.165, 1.54) is 55.6 Å². The Kier molecular flexibility index (Phi) is 7.02. The summed E-state index contributed by atoms with van der Waals surface area (Å²) in [4.78, 5) is 11.9. The molecule has 6 aliphatic carbocycles. The average Bonchev–Trinajstić information content (AvgIpc) is 4.23. The lowest BCUT2D eigenvalue weighted by Gasteiger charge is -2.31. The van der Waals surface area contributed by atoms with Crippen LogP contribution in [-0.2, 0) is 0 Å². The summed E-state index contributed by atoms with van der Waals surface area (Å²) in [5.41, 5.74) is 31.7. The molecule has 6 aliphatic rings. The molecule has 0 radical (unpaired) electrons. The molecule has 0 aliphatic heterocycles. The molecule has 64 heavy (non-hydrogen) atoms. The largest absolute Gasteiger partial charge is 0.398 e. The standard InChI is InChI=1S/C60H42FN3/c61-55(31-16-4-1-5-17-31)49-43-28-40(34-22-10-13-25-37(34)43)46(49)52-56(62)53-47-41-29-44(38-26-14-11-23-35(38)41)50(47)57(32-18-6-2-7-19-32)63-60(53)54-48-42-30-45(39-27-15-12-24-36(39)42)51(48)58(64-59(52)54)33-20-8-3-9-21-33/h1-27,40-45,55H,28-30,62H2. The van der Waals surface area contributed by atoms with Gasteiger partial charge >= 0.3 is 0 Å². The number of pyridine rings is 2. The van der Waals surface area contributed by atoms with Gasteiger partial charge in [0.25, 0.3) is 0 Å². The quantitative estimate of drug-likeness (QED) is 0.139. The maximum Gasteiger partial charge on any atom is 0.147 e. The summed E-state index contributed by atoms with van der Waals surface area (Å²) in [6, 6.07) is 58.1. The van der Waals surface area contributed by atoms with Gasteiger partial charge in [0.05, 0.1) is 28.1 Å². The molecule has 0 amide bonds. The molecule has 6 bridgehead atoms. The van der Waals surface area contributed by atoms with Crippen LogP contribution in [0.15, 0.2) is 169 Å². The highest BCUT2D eigenvalue weighted by molar-refractivity contribution is 6.21. The lowest BCUT2D eigenvalue weighted by Crippen LogP contribution is -2.15. The third-order valence-corrected chi connectivity index (χ3v) is 16.4. The first-order chi connectivity index (χ1) is 31.6. The van der Waals surface area contributed by atoms with Crippen LogP contribution >= 0.6 is 0 Å². The number of allylic oxidation sites excluding steroid dienone is 2. The van der Waals surface area contributed by atoms with E-state index in [0.717, 1.165) is 80.3 Å². The first-order valence-electron chi connectivity index (χ1n) is 23.1. The van der Waals surface area contributed by atoms with Crippen molar-refractivity contribution in [1.29, 1.82) is 0 Å². The van der Waals surface area contributed by atoms with Crippen molar-refractivity contribution in [1.82, 2.24) is 9.97 Å². The zero-order valence-corrected chi connectivity index (χ0v) is 35.1. The number of alkyl halides is 1. The lowest BCUT2D eigenvalue weighted by molar-refractivity contribution is 0.382. The zero-order valence-electron chi connectivity index (χ0n) is 35.1. The molecule has 0 saturated heterocycles. The van der Waals surface area contributed by atoms with Gasteiger partial charge in [-0.25, -0.2) is 14.4 Å². The van der Waals surface area contributed by atoms with Crippen molar-refractivity contribution in [2.45, 2.75) is 60.9 Å². The molecule has 7 unspecified atom stereocenters. The van der Waals surface area contributed by atoms with Crippen LogP contribution in [0.1, 0.15) is 128 Å². The minimum atomic E-state index is -1.30. The summed E-state index contributed by atoms with van der Waals surface area (Å²) < 4.78 is 18.0. The van der Waals surface area contributed by atoms with Crippen molar-refractivity contribution in [3.8, 4) is 22.5 Å². The maximum atomic E-state index is 18.0. The van der Waals surface area contributed by atoms with Crippen LogP contribution in [-0.4, -0.2) is 9.97 Å². The third kappa shape index (κ3) is 4.41. The monoisotopic (exact) mass is 823 g/mol. The van der Waals surface area contributed by atoms with E-state index < -0.39 is 6.17 Å². The molecule has 0 fully saturated rings. The second-order valence-corrected chi connectivity index (χ2v) is 19.1. The average molecular weight is 824 g/mol. The fourth-order valence-corrected chi connectivity index (χ4v) is 14.1. The highest BCUT2D eigenvalue weighted by atomic mass is 19.1. The minimum Gasteiger partial charge on any atom is -0.398 e. The Labute approximate surface area is 371 Å². The summed E-state index contributed by atoms with van der Waals surface area (Å²) in [5, 5.41) is 2.15. The Bertz CT molecular complexity index is 3540. The topological polar surface area (TPSA) is 51.8 Å². The highest BCUT2D eigenvalue weighted by Gasteiger charge is 2.51. The summed E-state index contributed by atoms with van der Waals surface area (Å²) >= 11 is 0. The molecular weight excluding hydrogens is 782 g/mol. The number of nitrogen functional groups attached to an aromatic ring is 1. The first-order valence-corrected chi connectivity index (χ1v) is 23.1. The Hall–Kier alpha value is -7.17. The van der Waals surface area contributed by atoms with Crippen molar-refractivity contribution in [3.05, 3.63) is 236 Å². The van der Waals surface area contributed by atoms with Crippen molar-refractivity contribution < 1.29 is 4.39 Å². The Morgan fingerprint density at radius 2 is 0.812 bits per heavy atom. The predicted octanol–water partition coefficient (Wildman–Crippen LogP) is 14.4. The number of anilines is 1. The fraction of sp³-hybridized carbons (Fsp3) is 0.167. The number of nitrogens with two attached hydrogens (primary N) is 1. The maximum absolute atomic E-state index is 18.0. The minimum absolute atomic E-state index is 0.0182. The smallest absolute Gasteiger partial charge is 0.147 e. The molecule has 9 aromatic rings. The van der Waals surface area contributed by atoms with Gasteiger partial charge in [0, 0.05) is 63.0 Å². The van der Waals surface area contributed by atoms with Gasteiger partial charge in [0.15, 0.2) is 0 Å². The van der Waals surface area contributed by atoms with Crippen LogP contribution in [0.4, 0.5) is 10.1 Å². The van der Waals surface area contributed by atoms with Crippen LogP contribution in [0, 0.1) is 0 Å². The molecular formula is C60H42FN3. The molecule has 2 aromatic heterocycles. The van der Waals surface area contributed by atoms with Gasteiger partial charge in [0.1, 0.15) is 6.17 Å². The molecule has 3 nitrogen and oxygen atoms in total. The van der Waals surface area contributed by atoms with Crippen LogP contribution in [0.5, 0.6) is 0 Å². The van der Waals surface area contributed by atoms with Crippen molar-refractivity contribution in [3.63, 3.8) is 0 Å². The van der Waals surface area contributed by atoms with Gasteiger partial charge in [-0.3, -0.25) is 0 Å². The molecule has 304 valence electrons. The molecule has 7 atom stereocenters. The number of hydrogen-bond acceptors (Lipinski definition) is 3. The number of halogens is 1. The van der Waals surface area contributed by atoms with Crippen molar-refractivity contribution >= 4 is 33.1 Å². The number of aromatic nitrogens is 2. The zero-order chi connectivity index (χ0) is 41.9. The van der Waals surface area contributed by atoms with Crippen LogP contribution in [0.3, 0.4) is 0 Å². The number of nitrogens with zero attached hydrogens (tertiary/aromatic N) is 2. The SMILES string of the molecule is Nc1c(C2=C(C(F)c3ccccc3)C3CC2c2ccccc23)c2nc(-c3ccccc3)c3c(c2c2nc(-c4ccccc4)c4c(c12)C1CC4c2ccccc21)C1CC3c2ccccc21. The number of benzene rings is 7. The third-order valence-electron chi connectivity index (χ3n) is 16.4. The Morgan fingerprint density at radius 3 is 1.33 bits per heavy atom. The second-order valence-electron chi connectivity index (χ2n) is 19.1. The van der Waals surface area contributed by atoms with Gasteiger partial charge in [-0.05, 0) is 91.6 Å². The lowest BCUT2D eigenvalue weighted by atomic mass is 9.75. The van der Waals surface area contributed by atoms with Crippen LogP contribution < -0.4 is 5.73 Å². The van der Waals surface area contributed by atoms with Crippen molar-refractivity contribution in [2.24, 2.45) is 0 Å².